The van der Waals surface area contributed by atoms with Gasteiger partial charge in [0.15, 0.2) is 5.78 Å². The summed E-state index contributed by atoms with van der Waals surface area (Å²) in [6.45, 7) is 14.6. The molecule has 0 heterocycles. The number of rotatable bonds is 8. The predicted octanol–water partition coefficient (Wildman–Crippen LogP) is 9.99. The van der Waals surface area contributed by atoms with Crippen LogP contribution in [0.25, 0.3) is 0 Å². The molecule has 0 spiro atoms. The van der Waals surface area contributed by atoms with Crippen molar-refractivity contribution in [2.75, 3.05) is 5.75 Å². The SMILES string of the molecule is Cc1ccc(SCC2=C3CC=C4[C@@H]5CC[C@H]([C@H](C)CCCC(C)C)[C@@]5(C)CC[C@@H]4[C@@]3(C)CCC2=O)cc1. The average molecular weight is 519 g/mol. The minimum absolute atomic E-state index is 0.184. The zero-order chi connectivity index (χ0) is 26.4. The second kappa shape index (κ2) is 10.7. The highest BCUT2D eigenvalue weighted by Crippen LogP contribution is 2.66. The van der Waals surface area contributed by atoms with Crippen molar-refractivity contribution >= 4 is 17.5 Å². The molecule has 0 aromatic heterocycles. The zero-order valence-corrected chi connectivity index (χ0v) is 25.2. The lowest BCUT2D eigenvalue weighted by atomic mass is 9.49. The first kappa shape index (κ1) is 27.3. The van der Waals surface area contributed by atoms with E-state index in [1.165, 1.54) is 61.0 Å². The van der Waals surface area contributed by atoms with Crippen molar-refractivity contribution in [1.82, 2.24) is 0 Å². The van der Waals surface area contributed by atoms with Crippen LogP contribution in [0, 0.1) is 47.3 Å². The Hall–Kier alpha value is -1.28. The van der Waals surface area contributed by atoms with Crippen LogP contribution in [0.15, 0.2) is 52.0 Å². The summed E-state index contributed by atoms with van der Waals surface area (Å²) in [5.74, 6) is 5.22. The summed E-state index contributed by atoms with van der Waals surface area (Å²) in [4.78, 5) is 14.5. The standard InChI is InChI=1S/C35H50OS/c1-23(2)8-7-9-25(4)29-16-17-30-27-14-15-31-28(22-37-26-12-10-24(3)11-13-26)33(36)19-21-35(31,6)32(27)18-20-34(29,30)5/h10-14,23,25,29-30,32H,7-9,15-22H2,1-6H3/t25-,29-,30+,32+,34-,35+/m1/s1. The van der Waals surface area contributed by atoms with E-state index in [-0.39, 0.29) is 5.41 Å². The Morgan fingerprint density at radius 1 is 0.973 bits per heavy atom. The summed E-state index contributed by atoms with van der Waals surface area (Å²) in [5, 5.41) is 0. The van der Waals surface area contributed by atoms with E-state index < -0.39 is 0 Å². The van der Waals surface area contributed by atoms with E-state index in [0.717, 1.165) is 54.3 Å². The molecule has 2 fully saturated rings. The van der Waals surface area contributed by atoms with Crippen LogP contribution in [-0.2, 0) is 4.79 Å². The molecule has 1 nitrogen and oxygen atoms in total. The number of aryl methyl sites for hydroxylation is 1. The van der Waals surface area contributed by atoms with Gasteiger partial charge >= 0.3 is 0 Å². The van der Waals surface area contributed by atoms with Gasteiger partial charge in [-0.1, -0.05) is 88.8 Å². The Balaban J connectivity index is 1.37. The number of hydrogen-bond acceptors (Lipinski definition) is 2. The number of thioether (sulfide) groups is 1. The van der Waals surface area contributed by atoms with Crippen molar-refractivity contribution in [3.63, 3.8) is 0 Å². The Morgan fingerprint density at radius 2 is 1.73 bits per heavy atom. The molecule has 0 saturated heterocycles. The molecule has 1 aromatic carbocycles. The first-order valence-electron chi connectivity index (χ1n) is 15.3. The van der Waals surface area contributed by atoms with Gasteiger partial charge in [0, 0.05) is 22.6 Å². The normalized spacial score (nSPS) is 34.2. The van der Waals surface area contributed by atoms with Gasteiger partial charge in [0.2, 0.25) is 0 Å². The maximum Gasteiger partial charge on any atom is 0.159 e. The van der Waals surface area contributed by atoms with Crippen molar-refractivity contribution in [2.45, 2.75) is 111 Å². The van der Waals surface area contributed by atoms with Crippen molar-refractivity contribution < 1.29 is 4.79 Å². The number of carbonyl (C=O) groups is 1. The van der Waals surface area contributed by atoms with Gasteiger partial charge in [-0.2, -0.15) is 0 Å². The number of Topliss-reactive ketones (excluding diaryl/α,β-unsaturated/α-hetero) is 1. The lowest BCUT2D eigenvalue weighted by molar-refractivity contribution is -0.117. The predicted molar refractivity (Wildman–Crippen MR) is 159 cm³/mol. The van der Waals surface area contributed by atoms with Gasteiger partial charge in [-0.05, 0) is 98.0 Å². The molecule has 0 amide bonds. The van der Waals surface area contributed by atoms with Crippen LogP contribution < -0.4 is 0 Å². The molecule has 1 aromatic rings. The third kappa shape index (κ3) is 5.06. The van der Waals surface area contributed by atoms with Crippen LogP contribution in [0.3, 0.4) is 0 Å². The van der Waals surface area contributed by atoms with Gasteiger partial charge < -0.3 is 0 Å². The van der Waals surface area contributed by atoms with Gasteiger partial charge in [-0.3, -0.25) is 4.79 Å². The number of allylic oxidation sites excluding steroid dienone is 3. The lowest BCUT2D eigenvalue weighted by Crippen LogP contribution is -2.47. The Kier molecular flexibility index (Phi) is 7.90. The highest BCUT2D eigenvalue weighted by molar-refractivity contribution is 7.99. The molecule has 0 radical (unpaired) electrons. The lowest BCUT2D eigenvalue weighted by Gasteiger charge is -2.55. The van der Waals surface area contributed by atoms with Gasteiger partial charge in [0.1, 0.15) is 0 Å². The Labute approximate surface area is 231 Å². The molecule has 0 bridgehead atoms. The van der Waals surface area contributed by atoms with Crippen LogP contribution in [0.2, 0.25) is 0 Å². The molecule has 202 valence electrons. The maximum absolute atomic E-state index is 13.2. The van der Waals surface area contributed by atoms with Crippen molar-refractivity contribution in [3.05, 3.63) is 52.6 Å². The largest absolute Gasteiger partial charge is 0.295 e. The zero-order valence-electron chi connectivity index (χ0n) is 24.4. The van der Waals surface area contributed by atoms with E-state index in [4.69, 9.17) is 0 Å². The number of carbonyl (C=O) groups excluding carboxylic acids is 1. The fourth-order valence-corrected chi connectivity index (χ4v) is 10.1. The molecule has 4 aliphatic carbocycles. The summed E-state index contributed by atoms with van der Waals surface area (Å²) in [5.41, 5.74) is 6.41. The molecule has 0 unspecified atom stereocenters. The fourth-order valence-electron chi connectivity index (χ4n) is 9.10. The molecule has 0 aliphatic heterocycles. The van der Waals surface area contributed by atoms with Crippen molar-refractivity contribution in [2.24, 2.45) is 40.4 Å². The second-order valence-corrected chi connectivity index (χ2v) is 15.0. The van der Waals surface area contributed by atoms with Gasteiger partial charge in [0.05, 0.1) is 0 Å². The van der Waals surface area contributed by atoms with E-state index >= 15 is 0 Å². The molecule has 2 saturated carbocycles. The van der Waals surface area contributed by atoms with Gasteiger partial charge in [0.25, 0.3) is 0 Å². The van der Waals surface area contributed by atoms with Crippen LogP contribution in [-0.4, -0.2) is 11.5 Å². The maximum atomic E-state index is 13.2. The van der Waals surface area contributed by atoms with Gasteiger partial charge in [-0.15, -0.1) is 11.8 Å². The van der Waals surface area contributed by atoms with Gasteiger partial charge in [-0.25, -0.2) is 0 Å². The van der Waals surface area contributed by atoms with Crippen LogP contribution in [0.5, 0.6) is 0 Å². The van der Waals surface area contributed by atoms with E-state index in [1.54, 1.807) is 5.57 Å². The highest BCUT2D eigenvalue weighted by Gasteiger charge is 2.57. The first-order valence-corrected chi connectivity index (χ1v) is 16.3. The summed E-state index contributed by atoms with van der Waals surface area (Å²) in [6.07, 6.45) is 15.1. The summed E-state index contributed by atoms with van der Waals surface area (Å²) < 4.78 is 0. The summed E-state index contributed by atoms with van der Waals surface area (Å²) in [6, 6.07) is 8.78. The quantitative estimate of drug-likeness (QED) is 0.251. The molecular weight excluding hydrogens is 468 g/mol. The minimum Gasteiger partial charge on any atom is -0.295 e. The molecule has 4 aliphatic rings. The second-order valence-electron chi connectivity index (χ2n) is 13.9. The molecule has 2 heteroatoms. The highest BCUT2D eigenvalue weighted by atomic mass is 32.2. The summed E-state index contributed by atoms with van der Waals surface area (Å²) >= 11 is 1.85. The molecule has 0 N–H and O–H groups in total. The van der Waals surface area contributed by atoms with Crippen LogP contribution in [0.4, 0.5) is 0 Å². The number of benzene rings is 1. The van der Waals surface area contributed by atoms with Crippen LogP contribution >= 0.6 is 11.8 Å². The summed E-state index contributed by atoms with van der Waals surface area (Å²) in [7, 11) is 0. The van der Waals surface area contributed by atoms with Crippen molar-refractivity contribution in [1.29, 1.82) is 0 Å². The smallest absolute Gasteiger partial charge is 0.159 e. The molecule has 37 heavy (non-hydrogen) atoms. The molecule has 5 rings (SSSR count). The average Bonchev–Trinajstić information content (AvgIpc) is 3.22. The topological polar surface area (TPSA) is 17.1 Å². The van der Waals surface area contributed by atoms with Crippen molar-refractivity contribution in [3.8, 4) is 0 Å². The Morgan fingerprint density at radius 3 is 2.46 bits per heavy atom. The van der Waals surface area contributed by atoms with E-state index in [2.05, 4.69) is 71.9 Å². The van der Waals surface area contributed by atoms with Crippen LogP contribution in [0.1, 0.15) is 104 Å². The monoisotopic (exact) mass is 518 g/mol. The number of hydrogen-bond donors (Lipinski definition) is 0. The number of ketones is 1. The minimum atomic E-state index is 0.184. The van der Waals surface area contributed by atoms with E-state index in [9.17, 15) is 4.79 Å². The number of fused-ring (bicyclic) bond motifs is 5. The third-order valence-corrected chi connectivity index (χ3v) is 12.3. The third-order valence-electron chi connectivity index (χ3n) is 11.3. The van der Waals surface area contributed by atoms with E-state index in [1.807, 2.05) is 11.8 Å². The Bertz CT molecular complexity index is 1060. The molecular formula is C35H50OS. The fraction of sp³-hybridized carbons (Fsp3) is 0.686. The van der Waals surface area contributed by atoms with E-state index in [0.29, 0.717) is 17.1 Å². The first-order chi connectivity index (χ1) is 17.6. The molecule has 6 atom stereocenters.